The molecular formula is C12H11F3N4. The first-order valence-electron chi connectivity index (χ1n) is 5.45. The van der Waals surface area contributed by atoms with Crippen LogP contribution in [0, 0.1) is 24.4 Å². The second kappa shape index (κ2) is 5.13. The largest absolute Gasteiger partial charge is 0.357 e. The summed E-state index contributed by atoms with van der Waals surface area (Å²) in [6, 6.07) is 2.39. The summed E-state index contributed by atoms with van der Waals surface area (Å²) < 4.78 is 40.8. The van der Waals surface area contributed by atoms with Gasteiger partial charge in [0.25, 0.3) is 0 Å². The van der Waals surface area contributed by atoms with Gasteiger partial charge in [-0.1, -0.05) is 6.07 Å². The molecule has 2 N–H and O–H groups in total. The number of hydrogen-bond acceptors (Lipinski definition) is 4. The van der Waals surface area contributed by atoms with Crippen LogP contribution in [0.25, 0.3) is 0 Å². The molecule has 4 nitrogen and oxygen atoms in total. The van der Waals surface area contributed by atoms with Gasteiger partial charge in [-0.25, -0.2) is 18.2 Å². The molecule has 0 saturated carbocycles. The van der Waals surface area contributed by atoms with Crippen molar-refractivity contribution in [2.24, 2.45) is 0 Å². The average Bonchev–Trinajstić information content (AvgIpc) is 2.41. The van der Waals surface area contributed by atoms with E-state index in [1.54, 1.807) is 7.05 Å². The third-order valence-electron chi connectivity index (χ3n) is 2.50. The Bertz CT molecular complexity index is 616. The highest BCUT2D eigenvalue weighted by molar-refractivity contribution is 5.60. The van der Waals surface area contributed by atoms with Crippen LogP contribution in [0.15, 0.2) is 18.3 Å². The maximum absolute atomic E-state index is 13.8. The van der Waals surface area contributed by atoms with Crippen LogP contribution in [0.2, 0.25) is 0 Å². The normalized spacial score (nSPS) is 10.4. The van der Waals surface area contributed by atoms with Gasteiger partial charge in [-0.15, -0.1) is 0 Å². The van der Waals surface area contributed by atoms with Crippen molar-refractivity contribution in [2.75, 3.05) is 17.7 Å². The van der Waals surface area contributed by atoms with E-state index in [4.69, 9.17) is 0 Å². The first-order chi connectivity index (χ1) is 9.02. The van der Waals surface area contributed by atoms with Gasteiger partial charge in [0.2, 0.25) is 5.95 Å². The maximum atomic E-state index is 13.8. The lowest BCUT2D eigenvalue weighted by Gasteiger charge is -2.10. The minimum atomic E-state index is -0.827. The number of aryl methyl sites for hydroxylation is 1. The van der Waals surface area contributed by atoms with Gasteiger partial charge in [-0.05, 0) is 18.6 Å². The number of halogens is 3. The summed E-state index contributed by atoms with van der Waals surface area (Å²) >= 11 is 0. The second-order valence-corrected chi connectivity index (χ2v) is 3.82. The Morgan fingerprint density at radius 2 is 1.84 bits per heavy atom. The monoisotopic (exact) mass is 268 g/mol. The average molecular weight is 268 g/mol. The maximum Gasteiger partial charge on any atom is 0.224 e. The zero-order valence-corrected chi connectivity index (χ0v) is 10.3. The van der Waals surface area contributed by atoms with Crippen LogP contribution in [-0.2, 0) is 0 Å². The van der Waals surface area contributed by atoms with E-state index >= 15 is 0 Å². The number of benzene rings is 1. The van der Waals surface area contributed by atoms with Crippen LogP contribution in [-0.4, -0.2) is 17.0 Å². The molecule has 1 aromatic heterocycles. The number of nitrogens with one attached hydrogen (secondary N) is 2. The Balaban J connectivity index is 2.44. The fraction of sp³-hybridized carbons (Fsp3) is 0.167. The van der Waals surface area contributed by atoms with E-state index < -0.39 is 23.1 Å². The molecule has 0 amide bonds. The highest BCUT2D eigenvalue weighted by Gasteiger charge is 2.15. The standard InChI is InChI=1S/C12H11F3N4/c1-6-3-4-7(13)10(9(6)15)18-11-8(14)5-17-12(16-2)19-11/h3-5H,1-2H3,(H2,16,17,18,19). The van der Waals surface area contributed by atoms with E-state index in [2.05, 4.69) is 20.6 Å². The van der Waals surface area contributed by atoms with Crippen LogP contribution >= 0.6 is 0 Å². The van der Waals surface area contributed by atoms with Gasteiger partial charge in [0.1, 0.15) is 11.5 Å². The van der Waals surface area contributed by atoms with Crippen molar-refractivity contribution in [1.82, 2.24) is 9.97 Å². The highest BCUT2D eigenvalue weighted by Crippen LogP contribution is 2.26. The van der Waals surface area contributed by atoms with Crippen molar-refractivity contribution < 1.29 is 13.2 Å². The molecule has 1 heterocycles. The molecular weight excluding hydrogens is 257 g/mol. The van der Waals surface area contributed by atoms with E-state index in [1.807, 2.05) is 0 Å². The quantitative estimate of drug-likeness (QED) is 0.898. The fourth-order valence-electron chi connectivity index (χ4n) is 1.46. The van der Waals surface area contributed by atoms with Crippen LogP contribution < -0.4 is 10.6 Å². The summed E-state index contributed by atoms with van der Waals surface area (Å²) in [7, 11) is 1.55. The fourth-order valence-corrected chi connectivity index (χ4v) is 1.46. The Morgan fingerprint density at radius 3 is 2.53 bits per heavy atom. The number of rotatable bonds is 3. The molecule has 0 unspecified atom stereocenters. The Morgan fingerprint density at radius 1 is 1.11 bits per heavy atom. The Labute approximate surface area is 107 Å². The van der Waals surface area contributed by atoms with Crippen LogP contribution in [0.1, 0.15) is 5.56 Å². The molecule has 0 fully saturated rings. The molecule has 1 aromatic carbocycles. The Kier molecular flexibility index (Phi) is 3.55. The van der Waals surface area contributed by atoms with Crippen molar-refractivity contribution in [3.63, 3.8) is 0 Å². The SMILES string of the molecule is CNc1ncc(F)c(Nc2c(F)ccc(C)c2F)n1. The molecule has 0 spiro atoms. The first kappa shape index (κ1) is 13.1. The third kappa shape index (κ3) is 2.59. The van der Waals surface area contributed by atoms with Crippen LogP contribution in [0.4, 0.5) is 30.6 Å². The van der Waals surface area contributed by atoms with Crippen molar-refractivity contribution in [2.45, 2.75) is 6.92 Å². The van der Waals surface area contributed by atoms with E-state index in [9.17, 15) is 13.2 Å². The van der Waals surface area contributed by atoms with Crippen LogP contribution in [0.3, 0.4) is 0 Å². The van der Waals surface area contributed by atoms with E-state index in [1.165, 1.54) is 13.0 Å². The molecule has 0 aliphatic rings. The summed E-state index contributed by atoms with van der Waals surface area (Å²) in [6.45, 7) is 1.48. The van der Waals surface area contributed by atoms with Crippen molar-refractivity contribution in [1.29, 1.82) is 0 Å². The lowest BCUT2D eigenvalue weighted by molar-refractivity contribution is 0.582. The highest BCUT2D eigenvalue weighted by atomic mass is 19.1. The van der Waals surface area contributed by atoms with Gasteiger partial charge in [0.05, 0.1) is 6.20 Å². The van der Waals surface area contributed by atoms with E-state index in [-0.39, 0.29) is 17.3 Å². The van der Waals surface area contributed by atoms with Crippen LogP contribution in [0.5, 0.6) is 0 Å². The summed E-state index contributed by atoms with van der Waals surface area (Å²) in [4.78, 5) is 7.39. The first-order valence-corrected chi connectivity index (χ1v) is 5.45. The van der Waals surface area contributed by atoms with E-state index in [0.29, 0.717) is 0 Å². The van der Waals surface area contributed by atoms with Gasteiger partial charge >= 0.3 is 0 Å². The van der Waals surface area contributed by atoms with Crippen molar-refractivity contribution in [3.05, 3.63) is 41.3 Å². The minimum Gasteiger partial charge on any atom is -0.357 e. The molecule has 2 rings (SSSR count). The molecule has 0 saturated heterocycles. The molecule has 0 radical (unpaired) electrons. The number of nitrogens with zero attached hydrogens (tertiary/aromatic N) is 2. The lowest BCUT2D eigenvalue weighted by atomic mass is 10.2. The predicted octanol–water partition coefficient (Wildman–Crippen LogP) is 2.99. The summed E-state index contributed by atoms with van der Waals surface area (Å²) in [5.41, 5.74) is -0.202. The summed E-state index contributed by atoms with van der Waals surface area (Å²) in [5, 5.41) is 4.91. The molecule has 0 bridgehead atoms. The molecule has 7 heteroatoms. The van der Waals surface area contributed by atoms with Gasteiger partial charge in [0, 0.05) is 7.05 Å². The van der Waals surface area contributed by atoms with Crippen molar-refractivity contribution >= 4 is 17.5 Å². The number of hydrogen-bond donors (Lipinski definition) is 2. The molecule has 0 atom stereocenters. The molecule has 0 aliphatic carbocycles. The number of aromatic nitrogens is 2. The van der Waals surface area contributed by atoms with Gasteiger partial charge in [-0.2, -0.15) is 4.98 Å². The van der Waals surface area contributed by atoms with Gasteiger partial charge in [0.15, 0.2) is 17.5 Å². The molecule has 19 heavy (non-hydrogen) atoms. The zero-order chi connectivity index (χ0) is 14.0. The number of anilines is 3. The van der Waals surface area contributed by atoms with Crippen molar-refractivity contribution in [3.8, 4) is 0 Å². The molecule has 100 valence electrons. The minimum absolute atomic E-state index is 0.136. The van der Waals surface area contributed by atoms with Gasteiger partial charge in [-0.3, -0.25) is 0 Å². The zero-order valence-electron chi connectivity index (χ0n) is 10.3. The molecule has 2 aromatic rings. The lowest BCUT2D eigenvalue weighted by Crippen LogP contribution is -2.06. The summed E-state index contributed by atoms with van der Waals surface area (Å²) in [6.07, 6.45) is 0.909. The van der Waals surface area contributed by atoms with Gasteiger partial charge < -0.3 is 10.6 Å². The third-order valence-corrected chi connectivity index (χ3v) is 2.50. The Hall–Kier alpha value is -2.31. The molecule has 0 aliphatic heterocycles. The van der Waals surface area contributed by atoms with E-state index in [0.717, 1.165) is 12.3 Å². The second-order valence-electron chi connectivity index (χ2n) is 3.82. The smallest absolute Gasteiger partial charge is 0.224 e. The predicted molar refractivity (Wildman–Crippen MR) is 65.9 cm³/mol. The topological polar surface area (TPSA) is 49.8 Å². The summed E-state index contributed by atoms with van der Waals surface area (Å²) in [5.74, 6) is -2.59.